The van der Waals surface area contributed by atoms with Gasteiger partial charge in [-0.3, -0.25) is 4.79 Å². The van der Waals surface area contributed by atoms with Crippen LogP contribution in [0.15, 0.2) is 16.6 Å². The van der Waals surface area contributed by atoms with Crippen molar-refractivity contribution in [2.75, 3.05) is 20.8 Å². The van der Waals surface area contributed by atoms with Crippen LogP contribution in [-0.4, -0.2) is 48.7 Å². The molecule has 1 aliphatic heterocycles. The van der Waals surface area contributed by atoms with Crippen molar-refractivity contribution in [3.05, 3.63) is 22.2 Å². The van der Waals surface area contributed by atoms with Crippen LogP contribution >= 0.6 is 15.9 Å². The number of benzene rings is 1. The van der Waals surface area contributed by atoms with Crippen LogP contribution in [0.25, 0.3) is 0 Å². The summed E-state index contributed by atoms with van der Waals surface area (Å²) < 4.78 is 11.1. The Balaban J connectivity index is 1.94. The number of carbonyl (C=O) groups is 2. The van der Waals surface area contributed by atoms with E-state index in [0.29, 0.717) is 34.0 Å². The molecule has 3 atom stereocenters. The van der Waals surface area contributed by atoms with E-state index in [1.807, 2.05) is 0 Å². The van der Waals surface area contributed by atoms with Crippen LogP contribution < -0.4 is 9.47 Å². The average molecular weight is 398 g/mol. The molecule has 130 valence electrons. The summed E-state index contributed by atoms with van der Waals surface area (Å²) >= 11 is 3.38. The van der Waals surface area contributed by atoms with E-state index in [9.17, 15) is 14.7 Å². The Bertz CT molecular complexity index is 677. The molecule has 7 heteroatoms. The predicted molar refractivity (Wildman–Crippen MR) is 90.5 cm³/mol. The van der Waals surface area contributed by atoms with Crippen LogP contribution in [0.1, 0.15) is 29.6 Å². The number of methoxy groups -OCH3 is 2. The number of amides is 1. The maximum Gasteiger partial charge on any atom is 0.326 e. The highest BCUT2D eigenvalue weighted by Gasteiger charge is 2.49. The van der Waals surface area contributed by atoms with Crippen LogP contribution in [-0.2, 0) is 4.79 Å². The molecule has 1 amide bonds. The van der Waals surface area contributed by atoms with E-state index in [4.69, 9.17) is 9.47 Å². The molecular formula is C17H20BrNO5. The van der Waals surface area contributed by atoms with Gasteiger partial charge in [-0.25, -0.2) is 4.79 Å². The van der Waals surface area contributed by atoms with Crippen molar-refractivity contribution < 1.29 is 24.2 Å². The summed E-state index contributed by atoms with van der Waals surface area (Å²) in [4.78, 5) is 26.2. The van der Waals surface area contributed by atoms with Gasteiger partial charge in [-0.05, 0) is 52.7 Å². The minimum Gasteiger partial charge on any atom is -0.493 e. The molecule has 6 nitrogen and oxygen atoms in total. The standard InChI is InChI=1S/C17H20BrNO5/c1-23-13-7-10(6-12(18)15(13)24-2)16(20)19-8-9-4-3-5-11(9)14(19)17(21)22/h6-7,9,11,14H,3-5,8H2,1-2H3,(H,21,22). The number of carboxylic acids is 1. The van der Waals surface area contributed by atoms with Crippen LogP contribution in [0.5, 0.6) is 11.5 Å². The topological polar surface area (TPSA) is 76.1 Å². The molecule has 1 saturated heterocycles. The third-order valence-electron chi connectivity index (χ3n) is 5.08. The summed E-state index contributed by atoms with van der Waals surface area (Å²) in [5, 5.41) is 9.62. The summed E-state index contributed by atoms with van der Waals surface area (Å²) in [7, 11) is 3.02. The first-order valence-corrected chi connectivity index (χ1v) is 8.72. The van der Waals surface area contributed by atoms with Gasteiger partial charge in [0.2, 0.25) is 0 Å². The lowest BCUT2D eigenvalue weighted by Gasteiger charge is -2.25. The fourth-order valence-corrected chi connectivity index (χ4v) is 4.64. The monoisotopic (exact) mass is 397 g/mol. The smallest absolute Gasteiger partial charge is 0.326 e. The zero-order valence-electron chi connectivity index (χ0n) is 13.6. The zero-order chi connectivity index (χ0) is 17.4. The molecule has 3 unspecified atom stereocenters. The van der Waals surface area contributed by atoms with Crippen molar-refractivity contribution in [1.82, 2.24) is 4.90 Å². The highest BCUT2D eigenvalue weighted by atomic mass is 79.9. The van der Waals surface area contributed by atoms with Gasteiger partial charge < -0.3 is 19.5 Å². The third-order valence-corrected chi connectivity index (χ3v) is 5.67. The van der Waals surface area contributed by atoms with Gasteiger partial charge in [0, 0.05) is 12.1 Å². The zero-order valence-corrected chi connectivity index (χ0v) is 15.2. The number of likely N-dealkylation sites (tertiary alicyclic amines) is 1. The molecule has 24 heavy (non-hydrogen) atoms. The van der Waals surface area contributed by atoms with Crippen LogP contribution in [0.2, 0.25) is 0 Å². The summed E-state index contributed by atoms with van der Waals surface area (Å²) in [5.74, 6) is 0.0908. The normalized spacial score (nSPS) is 25.5. The number of ether oxygens (including phenoxy) is 2. The van der Waals surface area contributed by atoms with Crippen molar-refractivity contribution in [2.45, 2.75) is 25.3 Å². The Morgan fingerprint density at radius 2 is 2.00 bits per heavy atom. The Labute approximate surface area is 148 Å². The van der Waals surface area contributed by atoms with Crippen LogP contribution in [0, 0.1) is 11.8 Å². The fourth-order valence-electron chi connectivity index (χ4n) is 4.04. The van der Waals surface area contributed by atoms with Crippen molar-refractivity contribution >= 4 is 27.8 Å². The molecule has 2 fully saturated rings. The largest absolute Gasteiger partial charge is 0.493 e. The molecule has 1 heterocycles. The number of carbonyl (C=O) groups excluding carboxylic acids is 1. The number of hydrogen-bond donors (Lipinski definition) is 1. The predicted octanol–water partition coefficient (Wildman–Crippen LogP) is 2.79. The molecule has 1 aromatic carbocycles. The number of hydrogen-bond acceptors (Lipinski definition) is 4. The summed E-state index contributed by atoms with van der Waals surface area (Å²) in [6.45, 7) is 0.506. The molecule has 3 rings (SSSR count). The van der Waals surface area contributed by atoms with Crippen molar-refractivity contribution in [3.63, 3.8) is 0 Å². The number of halogens is 1. The number of rotatable bonds is 4. The van der Waals surface area contributed by atoms with Crippen molar-refractivity contribution in [3.8, 4) is 11.5 Å². The molecule has 0 spiro atoms. The summed E-state index contributed by atoms with van der Waals surface area (Å²) in [6, 6.07) is 2.51. The van der Waals surface area contributed by atoms with Crippen molar-refractivity contribution in [1.29, 1.82) is 0 Å². The number of fused-ring (bicyclic) bond motifs is 1. The van der Waals surface area contributed by atoms with Crippen LogP contribution in [0.4, 0.5) is 0 Å². The Morgan fingerprint density at radius 1 is 1.25 bits per heavy atom. The number of aliphatic carboxylic acids is 1. The van der Waals surface area contributed by atoms with Gasteiger partial charge in [0.15, 0.2) is 11.5 Å². The first-order chi connectivity index (χ1) is 11.5. The van der Waals surface area contributed by atoms with Gasteiger partial charge >= 0.3 is 5.97 Å². The highest BCUT2D eigenvalue weighted by molar-refractivity contribution is 9.10. The van der Waals surface area contributed by atoms with Gasteiger partial charge in [-0.2, -0.15) is 0 Å². The lowest BCUT2D eigenvalue weighted by molar-refractivity contribution is -0.142. The molecule has 0 bridgehead atoms. The quantitative estimate of drug-likeness (QED) is 0.844. The van der Waals surface area contributed by atoms with E-state index >= 15 is 0 Å². The van der Waals surface area contributed by atoms with Gasteiger partial charge in [-0.15, -0.1) is 0 Å². The molecule has 0 radical (unpaired) electrons. The van der Waals surface area contributed by atoms with Crippen LogP contribution in [0.3, 0.4) is 0 Å². The average Bonchev–Trinajstić information content (AvgIpc) is 3.13. The van der Waals surface area contributed by atoms with E-state index in [1.165, 1.54) is 19.1 Å². The van der Waals surface area contributed by atoms with E-state index in [-0.39, 0.29) is 11.8 Å². The Hall–Kier alpha value is -1.76. The molecule has 1 saturated carbocycles. The Morgan fingerprint density at radius 3 is 2.62 bits per heavy atom. The van der Waals surface area contributed by atoms with E-state index in [1.54, 1.807) is 12.1 Å². The lowest BCUT2D eigenvalue weighted by atomic mass is 9.94. The number of nitrogens with zero attached hydrogens (tertiary/aromatic N) is 1. The molecule has 2 aliphatic rings. The second-order valence-electron chi connectivity index (χ2n) is 6.29. The minimum atomic E-state index is -0.919. The second-order valence-corrected chi connectivity index (χ2v) is 7.14. The molecule has 1 aromatic rings. The first kappa shape index (κ1) is 17.1. The van der Waals surface area contributed by atoms with E-state index in [2.05, 4.69) is 15.9 Å². The van der Waals surface area contributed by atoms with Gasteiger partial charge in [0.25, 0.3) is 5.91 Å². The van der Waals surface area contributed by atoms with Crippen molar-refractivity contribution in [2.24, 2.45) is 11.8 Å². The molecule has 1 aliphatic carbocycles. The van der Waals surface area contributed by atoms with Gasteiger partial charge in [0.1, 0.15) is 6.04 Å². The molecule has 1 N–H and O–H groups in total. The third kappa shape index (κ3) is 2.75. The van der Waals surface area contributed by atoms with E-state index in [0.717, 1.165) is 19.3 Å². The second kappa shape index (κ2) is 6.63. The molecular weight excluding hydrogens is 378 g/mol. The summed E-state index contributed by atoms with van der Waals surface area (Å²) in [5.41, 5.74) is 0.394. The minimum absolute atomic E-state index is 0.0648. The lowest BCUT2D eigenvalue weighted by Crippen LogP contribution is -2.43. The Kier molecular flexibility index (Phi) is 4.71. The van der Waals surface area contributed by atoms with Gasteiger partial charge in [-0.1, -0.05) is 6.42 Å². The summed E-state index contributed by atoms with van der Waals surface area (Å²) in [6.07, 6.45) is 2.91. The number of carboxylic acid groups (broad SMARTS) is 1. The van der Waals surface area contributed by atoms with Gasteiger partial charge in [0.05, 0.1) is 18.7 Å². The fraction of sp³-hybridized carbons (Fsp3) is 0.529. The SMILES string of the molecule is COc1cc(C(=O)N2CC3CCCC3C2C(=O)O)cc(Br)c1OC. The first-order valence-electron chi connectivity index (χ1n) is 7.93. The van der Waals surface area contributed by atoms with E-state index < -0.39 is 12.0 Å². The maximum absolute atomic E-state index is 13.0. The maximum atomic E-state index is 13.0. The highest BCUT2D eigenvalue weighted by Crippen LogP contribution is 2.43. The molecule has 0 aromatic heterocycles.